The molecule has 0 aromatic heterocycles. The summed E-state index contributed by atoms with van der Waals surface area (Å²) >= 11 is 0. The van der Waals surface area contributed by atoms with E-state index in [1.54, 1.807) is 24.3 Å². The molecule has 156 valence electrons. The smallest absolute Gasteiger partial charge is 0.387 e. The van der Waals surface area contributed by atoms with Gasteiger partial charge in [0.2, 0.25) is 0 Å². The lowest BCUT2D eigenvalue weighted by Gasteiger charge is -2.36. The molecule has 1 saturated heterocycles. The van der Waals surface area contributed by atoms with E-state index in [9.17, 15) is 13.2 Å². The molecular formula is C20H23F3N4O2. The number of hydrogen-bond donors (Lipinski definition) is 1. The topological polar surface area (TPSA) is 63.3 Å². The number of methoxy groups -OCH3 is 1. The Labute approximate surface area is 167 Å². The lowest BCUT2D eigenvalue weighted by molar-refractivity contribution is -0.0512. The number of nitrogens with zero attached hydrogens (tertiary/aromatic N) is 3. The molecule has 29 heavy (non-hydrogen) atoms. The largest absolute Gasteiger partial charge is 0.493 e. The molecule has 2 N–H and O–H groups in total. The summed E-state index contributed by atoms with van der Waals surface area (Å²) in [5.74, 6) is 0.310. The monoisotopic (exact) mass is 408 g/mol. The van der Waals surface area contributed by atoms with Crippen LogP contribution >= 0.6 is 0 Å². The van der Waals surface area contributed by atoms with Crippen LogP contribution in [0.4, 0.5) is 18.9 Å². The van der Waals surface area contributed by atoms with Gasteiger partial charge in [-0.3, -0.25) is 0 Å². The molecule has 0 radical (unpaired) electrons. The molecule has 0 aliphatic carbocycles. The van der Waals surface area contributed by atoms with Crippen LogP contribution in [0.3, 0.4) is 0 Å². The zero-order valence-corrected chi connectivity index (χ0v) is 16.0. The molecule has 1 heterocycles. The van der Waals surface area contributed by atoms with Crippen LogP contribution < -0.4 is 20.1 Å². The predicted molar refractivity (Wildman–Crippen MR) is 105 cm³/mol. The molecule has 3 rings (SSSR count). The van der Waals surface area contributed by atoms with Crippen LogP contribution in [-0.2, 0) is 6.54 Å². The summed E-state index contributed by atoms with van der Waals surface area (Å²) in [6.07, 6.45) is 0. The van der Waals surface area contributed by atoms with Crippen molar-refractivity contribution in [3.05, 3.63) is 53.8 Å². The third kappa shape index (κ3) is 5.46. The molecule has 1 aliphatic rings. The summed E-state index contributed by atoms with van der Waals surface area (Å²) in [5.41, 5.74) is 7.75. The van der Waals surface area contributed by atoms with Crippen molar-refractivity contribution >= 4 is 11.6 Å². The molecule has 6 nitrogen and oxygen atoms in total. The van der Waals surface area contributed by atoms with Gasteiger partial charge < -0.3 is 25.0 Å². The second-order valence-electron chi connectivity index (χ2n) is 6.49. The molecule has 0 spiro atoms. The minimum atomic E-state index is -2.94. The van der Waals surface area contributed by atoms with Gasteiger partial charge in [0.15, 0.2) is 17.5 Å². The summed E-state index contributed by atoms with van der Waals surface area (Å²) in [7, 11) is 1.38. The minimum absolute atomic E-state index is 0.0401. The Balaban J connectivity index is 1.58. The second kappa shape index (κ2) is 9.40. The van der Waals surface area contributed by atoms with Crippen molar-refractivity contribution in [3.63, 3.8) is 0 Å². The van der Waals surface area contributed by atoms with Gasteiger partial charge in [-0.25, -0.2) is 9.38 Å². The van der Waals surface area contributed by atoms with E-state index in [0.29, 0.717) is 24.6 Å². The Bertz CT molecular complexity index is 838. The van der Waals surface area contributed by atoms with Gasteiger partial charge in [0, 0.05) is 31.9 Å². The van der Waals surface area contributed by atoms with E-state index in [-0.39, 0.29) is 23.9 Å². The van der Waals surface area contributed by atoms with Crippen LogP contribution in [0.25, 0.3) is 0 Å². The number of halogens is 3. The maximum Gasteiger partial charge on any atom is 0.387 e. The van der Waals surface area contributed by atoms with E-state index in [1.165, 1.54) is 25.3 Å². The lowest BCUT2D eigenvalue weighted by atomic mass is 10.2. The number of aliphatic imine (C=N–C) groups is 1. The van der Waals surface area contributed by atoms with Crippen LogP contribution in [-0.4, -0.2) is 50.8 Å². The van der Waals surface area contributed by atoms with Crippen molar-refractivity contribution in [1.82, 2.24) is 4.90 Å². The van der Waals surface area contributed by atoms with E-state index >= 15 is 0 Å². The third-order valence-electron chi connectivity index (χ3n) is 4.66. The van der Waals surface area contributed by atoms with Crippen molar-refractivity contribution in [1.29, 1.82) is 0 Å². The summed E-state index contributed by atoms with van der Waals surface area (Å²) in [6.45, 7) is 0.107. The number of alkyl halides is 2. The Morgan fingerprint density at radius 1 is 1.07 bits per heavy atom. The molecule has 0 bridgehead atoms. The highest BCUT2D eigenvalue weighted by atomic mass is 19.3. The molecule has 1 fully saturated rings. The first-order chi connectivity index (χ1) is 14.0. The van der Waals surface area contributed by atoms with Gasteiger partial charge in [0.1, 0.15) is 5.82 Å². The number of guanidine groups is 1. The molecule has 0 amide bonds. The maximum atomic E-state index is 13.1. The quantitative estimate of drug-likeness (QED) is 0.588. The number of nitrogens with two attached hydrogens (primary N) is 1. The SMILES string of the molecule is COc1ccc(CN=C(N)N2CCN(c3ccc(F)cc3)CC2)cc1OC(F)F. The molecular weight excluding hydrogens is 385 g/mol. The van der Waals surface area contributed by atoms with Gasteiger partial charge in [0.05, 0.1) is 13.7 Å². The summed E-state index contributed by atoms with van der Waals surface area (Å²) in [5, 5.41) is 0. The maximum absolute atomic E-state index is 13.1. The van der Waals surface area contributed by atoms with Gasteiger partial charge in [-0.2, -0.15) is 8.78 Å². The summed E-state index contributed by atoms with van der Waals surface area (Å²) in [4.78, 5) is 8.48. The fourth-order valence-electron chi connectivity index (χ4n) is 3.13. The van der Waals surface area contributed by atoms with E-state index in [4.69, 9.17) is 10.5 Å². The van der Waals surface area contributed by atoms with Gasteiger partial charge in [-0.15, -0.1) is 0 Å². The van der Waals surface area contributed by atoms with Crippen molar-refractivity contribution in [2.75, 3.05) is 38.2 Å². The highest BCUT2D eigenvalue weighted by molar-refractivity contribution is 5.78. The van der Waals surface area contributed by atoms with Crippen LogP contribution in [0, 0.1) is 5.82 Å². The van der Waals surface area contributed by atoms with Crippen LogP contribution in [0.5, 0.6) is 11.5 Å². The standard InChI is InChI=1S/C20H23F3N4O2/c1-28-17-7-2-14(12-18(17)29-19(22)23)13-25-20(24)27-10-8-26(9-11-27)16-5-3-15(21)4-6-16/h2-7,12,19H,8-11,13H2,1H3,(H2,24,25). The first-order valence-electron chi connectivity index (χ1n) is 9.13. The van der Waals surface area contributed by atoms with Crippen LogP contribution in [0.1, 0.15) is 5.56 Å². The summed E-state index contributed by atoms with van der Waals surface area (Å²) < 4.78 is 47.7. The number of ether oxygens (including phenoxy) is 2. The predicted octanol–water partition coefficient (Wildman–Crippen LogP) is 3.07. The molecule has 0 unspecified atom stereocenters. The Morgan fingerprint density at radius 2 is 1.76 bits per heavy atom. The number of anilines is 1. The molecule has 2 aromatic rings. The molecule has 0 atom stereocenters. The Kier molecular flexibility index (Phi) is 6.69. The molecule has 2 aromatic carbocycles. The number of rotatable bonds is 6. The minimum Gasteiger partial charge on any atom is -0.493 e. The van der Waals surface area contributed by atoms with Crippen molar-refractivity contribution < 1.29 is 22.6 Å². The zero-order chi connectivity index (χ0) is 20.8. The normalized spacial score (nSPS) is 15.0. The average Bonchev–Trinajstić information content (AvgIpc) is 2.72. The first kappa shape index (κ1) is 20.6. The van der Waals surface area contributed by atoms with Crippen LogP contribution in [0.15, 0.2) is 47.5 Å². The van der Waals surface area contributed by atoms with E-state index in [2.05, 4.69) is 14.6 Å². The number of hydrogen-bond acceptors (Lipinski definition) is 4. The van der Waals surface area contributed by atoms with E-state index < -0.39 is 6.61 Å². The van der Waals surface area contributed by atoms with E-state index in [1.807, 2.05) is 4.90 Å². The fraction of sp³-hybridized carbons (Fsp3) is 0.350. The molecule has 9 heteroatoms. The lowest BCUT2D eigenvalue weighted by Crippen LogP contribution is -2.51. The highest BCUT2D eigenvalue weighted by Gasteiger charge is 2.18. The van der Waals surface area contributed by atoms with Crippen molar-refractivity contribution in [2.45, 2.75) is 13.2 Å². The van der Waals surface area contributed by atoms with Crippen LogP contribution in [0.2, 0.25) is 0 Å². The molecule has 1 aliphatic heterocycles. The second-order valence-corrected chi connectivity index (χ2v) is 6.49. The third-order valence-corrected chi connectivity index (χ3v) is 4.66. The Hall–Kier alpha value is -3.10. The van der Waals surface area contributed by atoms with Gasteiger partial charge in [0.25, 0.3) is 0 Å². The number of piperazine rings is 1. The van der Waals surface area contributed by atoms with E-state index in [0.717, 1.165) is 18.8 Å². The first-order valence-corrected chi connectivity index (χ1v) is 9.13. The van der Waals surface area contributed by atoms with Gasteiger partial charge >= 0.3 is 6.61 Å². The Morgan fingerprint density at radius 3 is 2.38 bits per heavy atom. The van der Waals surface area contributed by atoms with Gasteiger partial charge in [-0.05, 0) is 42.0 Å². The van der Waals surface area contributed by atoms with Crippen molar-refractivity contribution in [3.8, 4) is 11.5 Å². The molecule has 0 saturated carbocycles. The summed E-state index contributed by atoms with van der Waals surface area (Å²) in [6, 6.07) is 11.1. The van der Waals surface area contributed by atoms with Gasteiger partial charge in [-0.1, -0.05) is 6.07 Å². The fourth-order valence-corrected chi connectivity index (χ4v) is 3.13. The number of benzene rings is 2. The highest BCUT2D eigenvalue weighted by Crippen LogP contribution is 2.29. The zero-order valence-electron chi connectivity index (χ0n) is 16.0. The average molecular weight is 408 g/mol. The van der Waals surface area contributed by atoms with Crippen molar-refractivity contribution in [2.24, 2.45) is 10.7 Å².